The molecule has 0 saturated heterocycles. The summed E-state index contributed by atoms with van der Waals surface area (Å²) in [4.78, 5) is 4.97. The predicted octanol–water partition coefficient (Wildman–Crippen LogP) is 29.8. The lowest BCUT2D eigenvalue weighted by Crippen LogP contribution is -2.13. The van der Waals surface area contributed by atoms with Crippen molar-refractivity contribution in [1.29, 1.82) is 0 Å². The SMILES string of the molecule is Cc1ccc(N(c2ccc(-c3ccc(-c4ccc(-c5c(C(C)C)cc(C(C)C)cc5C(C)C)cc4)cc3)cc2)c2cc3c4ccccc4c(N(c4ccccc4)c4ccc(-c5ccc(-c6ccc(-c7c(C(C)C)cc(C(C)C)cc7C(C)C)cc6)cc5)cc4C)cc3c3ccccc23)c(C)c1. The van der Waals surface area contributed by atoms with Crippen molar-refractivity contribution in [3.8, 4) is 66.8 Å². The van der Waals surface area contributed by atoms with Crippen LogP contribution in [0.1, 0.15) is 169 Å². The monoisotopic (exact) mass is 1310 g/mol. The lowest BCUT2D eigenvalue weighted by Gasteiger charge is -2.31. The topological polar surface area (TPSA) is 6.48 Å². The van der Waals surface area contributed by atoms with Gasteiger partial charge in [-0.05, 0) is 244 Å². The molecule has 0 N–H and O–H groups in total. The molecule has 0 saturated carbocycles. The van der Waals surface area contributed by atoms with Gasteiger partial charge in [-0.15, -0.1) is 0 Å². The van der Waals surface area contributed by atoms with Crippen molar-refractivity contribution in [2.45, 2.75) is 139 Å². The predicted molar refractivity (Wildman–Crippen MR) is 440 cm³/mol. The van der Waals surface area contributed by atoms with Crippen LogP contribution in [0.3, 0.4) is 0 Å². The number of hydrogen-bond donors (Lipinski definition) is 0. The first-order chi connectivity index (χ1) is 48.8. The first-order valence-corrected chi connectivity index (χ1v) is 36.9. The molecule has 2 heteroatoms. The average molecular weight is 1310 g/mol. The molecule has 0 aliphatic heterocycles. The van der Waals surface area contributed by atoms with Gasteiger partial charge in [0.15, 0.2) is 0 Å². The second-order valence-electron chi connectivity index (χ2n) is 30.2. The van der Waals surface area contributed by atoms with Crippen molar-refractivity contribution < 1.29 is 0 Å². The van der Waals surface area contributed by atoms with E-state index in [0.29, 0.717) is 35.5 Å². The minimum Gasteiger partial charge on any atom is -0.310 e. The molecule has 0 fully saturated rings. The van der Waals surface area contributed by atoms with Crippen molar-refractivity contribution in [1.82, 2.24) is 0 Å². The zero-order valence-corrected chi connectivity index (χ0v) is 61.8. The van der Waals surface area contributed by atoms with E-state index in [0.717, 1.165) is 34.1 Å². The highest BCUT2D eigenvalue weighted by molar-refractivity contribution is 6.24. The molecule has 0 aliphatic rings. The molecule has 0 spiro atoms. The van der Waals surface area contributed by atoms with Gasteiger partial charge in [0.1, 0.15) is 0 Å². The van der Waals surface area contributed by atoms with Crippen LogP contribution in [0.5, 0.6) is 0 Å². The fourth-order valence-electron chi connectivity index (χ4n) is 15.6. The lowest BCUT2D eigenvalue weighted by atomic mass is 9.81. The molecule has 0 aliphatic carbocycles. The van der Waals surface area contributed by atoms with Gasteiger partial charge in [0.25, 0.3) is 0 Å². The van der Waals surface area contributed by atoms with Gasteiger partial charge >= 0.3 is 0 Å². The van der Waals surface area contributed by atoms with Gasteiger partial charge in [-0.25, -0.2) is 0 Å². The largest absolute Gasteiger partial charge is 0.310 e. The maximum absolute atomic E-state index is 2.49. The van der Waals surface area contributed by atoms with E-state index in [1.54, 1.807) is 0 Å². The number of hydrogen-bond acceptors (Lipinski definition) is 2. The number of benzene rings is 14. The summed E-state index contributed by atoms with van der Waals surface area (Å²) in [5, 5.41) is 7.17. The Kier molecular flexibility index (Phi) is 18.9. The molecule has 0 radical (unpaired) electrons. The highest BCUT2D eigenvalue weighted by atomic mass is 15.2. The lowest BCUT2D eigenvalue weighted by molar-refractivity contribution is 0.807. The Bertz CT molecular complexity index is 5280. The minimum absolute atomic E-state index is 0.427. The van der Waals surface area contributed by atoms with Crippen molar-refractivity contribution in [3.05, 3.63) is 323 Å². The van der Waals surface area contributed by atoms with Gasteiger partial charge in [0.05, 0.1) is 11.4 Å². The molecule has 101 heavy (non-hydrogen) atoms. The maximum Gasteiger partial charge on any atom is 0.0546 e. The Balaban J connectivity index is 0.793. The maximum atomic E-state index is 2.49. The molecular formula is C99H96N2. The molecular weight excluding hydrogens is 1220 g/mol. The zero-order chi connectivity index (χ0) is 70.5. The van der Waals surface area contributed by atoms with Crippen LogP contribution in [0.4, 0.5) is 34.1 Å². The summed E-state index contributed by atoms with van der Waals surface area (Å²) in [6, 6.07) is 104. The Hall–Kier alpha value is -10.5. The molecule has 502 valence electrons. The Morgan fingerprint density at radius 3 is 0.832 bits per heavy atom. The molecule has 14 rings (SSSR count). The molecule has 0 unspecified atom stereocenters. The summed E-state index contributed by atoms with van der Waals surface area (Å²) in [5.41, 5.74) is 34.0. The fourth-order valence-corrected chi connectivity index (χ4v) is 15.6. The van der Waals surface area contributed by atoms with Gasteiger partial charge < -0.3 is 9.80 Å². The summed E-state index contributed by atoms with van der Waals surface area (Å²) in [6.45, 7) is 34.6. The standard InChI is InChI=1S/C99H96N2/c1-61(2)80-55-88(63(5)6)98(89(56-80)64(7)8)77-42-38-73(39-43-77)70-30-32-72(33-31-70)75-46-49-83(50-47-75)101(94-51-29-67(13)53-68(94)14)97-60-93-84-25-19-21-27-86(84)96(59-92(93)85-26-20-22-28-87(85)97)100(82-23-17-16-18-24-82)95-52-48-79(54-69(95)15)76-36-34-71(35-37-76)74-40-44-78(45-41-74)99-90(65(9)10)57-81(62(3)4)58-91(99)66(11)12/h16-66H,1-15H3. The third-order valence-corrected chi connectivity index (χ3v) is 21.2. The van der Waals surface area contributed by atoms with Crippen LogP contribution in [0.25, 0.3) is 99.1 Å². The highest BCUT2D eigenvalue weighted by Gasteiger charge is 2.26. The van der Waals surface area contributed by atoms with Gasteiger partial charge in [0.2, 0.25) is 0 Å². The van der Waals surface area contributed by atoms with E-state index < -0.39 is 0 Å². The number of para-hydroxylation sites is 1. The molecule has 0 aromatic heterocycles. The van der Waals surface area contributed by atoms with Gasteiger partial charge in [-0.1, -0.05) is 307 Å². The van der Waals surface area contributed by atoms with Crippen LogP contribution in [0, 0.1) is 20.8 Å². The van der Waals surface area contributed by atoms with E-state index >= 15 is 0 Å². The fraction of sp³-hybridized carbons (Fsp3) is 0.212. The Labute approximate surface area is 601 Å². The summed E-state index contributed by atoms with van der Waals surface area (Å²) >= 11 is 0. The first kappa shape index (κ1) is 67.6. The second-order valence-corrected chi connectivity index (χ2v) is 30.2. The third-order valence-electron chi connectivity index (χ3n) is 21.2. The van der Waals surface area contributed by atoms with Crippen LogP contribution in [-0.4, -0.2) is 0 Å². The van der Waals surface area contributed by atoms with Crippen molar-refractivity contribution in [3.63, 3.8) is 0 Å². The van der Waals surface area contributed by atoms with Gasteiger partial charge in [-0.3, -0.25) is 0 Å². The molecule has 0 bridgehead atoms. The normalized spacial score (nSPS) is 11.9. The molecule has 0 amide bonds. The van der Waals surface area contributed by atoms with E-state index in [1.807, 2.05) is 0 Å². The van der Waals surface area contributed by atoms with Gasteiger partial charge in [-0.2, -0.15) is 0 Å². The van der Waals surface area contributed by atoms with Crippen LogP contribution >= 0.6 is 0 Å². The highest BCUT2D eigenvalue weighted by Crippen LogP contribution is 2.50. The first-order valence-electron chi connectivity index (χ1n) is 36.9. The molecule has 0 heterocycles. The van der Waals surface area contributed by atoms with Crippen molar-refractivity contribution >= 4 is 66.4 Å². The van der Waals surface area contributed by atoms with E-state index in [1.165, 1.54) is 149 Å². The summed E-state index contributed by atoms with van der Waals surface area (Å²) in [6.07, 6.45) is 0. The van der Waals surface area contributed by atoms with E-state index in [9.17, 15) is 0 Å². The quantitative estimate of drug-likeness (QED) is 0.0790. The molecule has 0 atom stereocenters. The molecule has 14 aromatic carbocycles. The molecule has 2 nitrogen and oxygen atoms in total. The summed E-state index contributed by atoms with van der Waals surface area (Å²) in [5.74, 6) is 2.68. The number of anilines is 6. The van der Waals surface area contributed by atoms with Crippen molar-refractivity contribution in [2.24, 2.45) is 0 Å². The number of nitrogens with zero attached hydrogens (tertiary/aromatic N) is 2. The number of rotatable bonds is 18. The third kappa shape index (κ3) is 13.2. The van der Waals surface area contributed by atoms with Crippen molar-refractivity contribution in [2.75, 3.05) is 9.80 Å². The smallest absolute Gasteiger partial charge is 0.0546 e. The minimum atomic E-state index is 0.427. The summed E-state index contributed by atoms with van der Waals surface area (Å²) in [7, 11) is 0. The average Bonchev–Trinajstić information content (AvgIpc) is 0.730. The Morgan fingerprint density at radius 2 is 0.495 bits per heavy atom. The van der Waals surface area contributed by atoms with Crippen LogP contribution in [0.2, 0.25) is 0 Å². The molecule has 14 aromatic rings. The Morgan fingerprint density at radius 1 is 0.208 bits per heavy atom. The van der Waals surface area contributed by atoms with E-state index in [4.69, 9.17) is 0 Å². The van der Waals surface area contributed by atoms with Crippen LogP contribution in [-0.2, 0) is 0 Å². The van der Waals surface area contributed by atoms with E-state index in [-0.39, 0.29) is 0 Å². The van der Waals surface area contributed by atoms with E-state index in [2.05, 4.69) is 387 Å². The van der Waals surface area contributed by atoms with Crippen LogP contribution < -0.4 is 9.80 Å². The summed E-state index contributed by atoms with van der Waals surface area (Å²) < 4.78 is 0. The second kappa shape index (κ2) is 28.2. The number of aryl methyl sites for hydroxylation is 3. The van der Waals surface area contributed by atoms with Gasteiger partial charge in [0, 0.05) is 33.5 Å². The number of fused-ring (bicyclic) bond motifs is 5. The van der Waals surface area contributed by atoms with Crippen LogP contribution in [0.15, 0.2) is 273 Å². The zero-order valence-electron chi connectivity index (χ0n) is 61.8.